The van der Waals surface area contributed by atoms with Gasteiger partial charge in [0, 0.05) is 12.6 Å². The van der Waals surface area contributed by atoms with Crippen molar-refractivity contribution in [2.75, 3.05) is 0 Å². The molecule has 0 saturated heterocycles. The molecule has 0 fully saturated rings. The third-order valence-electron chi connectivity index (χ3n) is 2.73. The maximum Gasteiger partial charge on any atom is 0.393 e. The molecule has 0 radical (unpaired) electrons. The predicted octanol–water partition coefficient (Wildman–Crippen LogP) is 1.88. The largest absolute Gasteiger partial charge is 0.393 e. The third-order valence-corrected chi connectivity index (χ3v) is 2.73. The number of nitrogens with two attached hydrogens (primary N) is 1. The van der Waals surface area contributed by atoms with Gasteiger partial charge in [0.25, 0.3) is 0 Å². The molecule has 7 heteroatoms. The van der Waals surface area contributed by atoms with Crippen LogP contribution in [-0.2, 0) is 9.59 Å². The summed E-state index contributed by atoms with van der Waals surface area (Å²) in [5, 5.41) is 0. The molecular weight excluding hydrogens is 261 g/mol. The van der Waals surface area contributed by atoms with Gasteiger partial charge in [-0.15, -0.1) is 0 Å². The van der Waals surface area contributed by atoms with Crippen molar-refractivity contribution in [1.82, 2.24) is 4.90 Å². The van der Waals surface area contributed by atoms with Gasteiger partial charge in [-0.1, -0.05) is 13.0 Å². The van der Waals surface area contributed by atoms with Crippen molar-refractivity contribution in [2.45, 2.75) is 38.4 Å². The predicted molar refractivity (Wildman–Crippen MR) is 62.6 cm³/mol. The summed E-state index contributed by atoms with van der Waals surface area (Å²) >= 11 is 0. The summed E-state index contributed by atoms with van der Waals surface area (Å²) in [6, 6.07) is -0.831. The normalized spacial score (nSPS) is 18.0. The van der Waals surface area contributed by atoms with E-state index in [4.69, 9.17) is 5.73 Å². The van der Waals surface area contributed by atoms with Crippen molar-refractivity contribution < 1.29 is 22.8 Å². The van der Waals surface area contributed by atoms with E-state index >= 15 is 0 Å². The van der Waals surface area contributed by atoms with Gasteiger partial charge in [-0.3, -0.25) is 9.59 Å². The van der Waals surface area contributed by atoms with Crippen LogP contribution in [0.15, 0.2) is 23.9 Å². The lowest BCUT2D eigenvalue weighted by atomic mass is 10.1. The van der Waals surface area contributed by atoms with Crippen molar-refractivity contribution in [3.8, 4) is 0 Å². The number of carbonyl (C=O) groups excluding carboxylic acids is 2. The Morgan fingerprint density at radius 1 is 1.53 bits per heavy atom. The number of amides is 2. The fourth-order valence-corrected chi connectivity index (χ4v) is 1.83. The highest BCUT2D eigenvalue weighted by Gasteiger charge is 2.30. The van der Waals surface area contributed by atoms with Gasteiger partial charge in [-0.25, -0.2) is 0 Å². The Balaban J connectivity index is 2.89. The minimum atomic E-state index is -4.33. The Hall–Kier alpha value is -1.79. The van der Waals surface area contributed by atoms with E-state index in [1.165, 1.54) is 18.4 Å². The zero-order valence-electron chi connectivity index (χ0n) is 10.4. The van der Waals surface area contributed by atoms with Gasteiger partial charge in [0.15, 0.2) is 0 Å². The maximum absolute atomic E-state index is 12.3. The van der Waals surface area contributed by atoms with Crippen LogP contribution >= 0.6 is 0 Å². The Bertz CT molecular complexity index is 427. The number of carbonyl (C=O) groups is 2. The lowest BCUT2D eigenvalue weighted by Gasteiger charge is -2.24. The first-order valence-corrected chi connectivity index (χ1v) is 5.79. The number of halogens is 3. The summed E-state index contributed by atoms with van der Waals surface area (Å²) in [5.74, 6) is -1.13. The lowest BCUT2D eigenvalue weighted by Crippen LogP contribution is -2.44. The molecule has 1 atom stereocenters. The number of hydrogen-bond acceptors (Lipinski definition) is 2. The van der Waals surface area contributed by atoms with E-state index < -0.39 is 30.5 Å². The minimum Gasteiger partial charge on any atom is -0.368 e. The summed E-state index contributed by atoms with van der Waals surface area (Å²) in [4.78, 5) is 24.1. The van der Waals surface area contributed by atoms with Gasteiger partial charge in [0.1, 0.15) is 6.04 Å². The molecule has 1 unspecified atom stereocenters. The molecule has 106 valence electrons. The Labute approximate surface area is 108 Å². The van der Waals surface area contributed by atoms with Gasteiger partial charge >= 0.3 is 6.18 Å². The average Bonchev–Trinajstić information content (AvgIpc) is 2.42. The molecule has 1 heterocycles. The Morgan fingerprint density at radius 2 is 2.16 bits per heavy atom. The van der Waals surface area contributed by atoms with E-state index in [0.29, 0.717) is 6.42 Å². The Morgan fingerprint density at radius 3 is 2.63 bits per heavy atom. The molecule has 4 nitrogen and oxygen atoms in total. The van der Waals surface area contributed by atoms with Gasteiger partial charge in [-0.2, -0.15) is 13.2 Å². The van der Waals surface area contributed by atoms with Gasteiger partial charge in [0.05, 0.1) is 6.42 Å². The van der Waals surface area contributed by atoms with Crippen LogP contribution in [0, 0.1) is 0 Å². The van der Waals surface area contributed by atoms with Crippen LogP contribution in [0.5, 0.6) is 0 Å². The molecule has 1 aliphatic heterocycles. The summed E-state index contributed by atoms with van der Waals surface area (Å²) < 4.78 is 36.8. The monoisotopic (exact) mass is 276 g/mol. The number of hydrogen-bond donors (Lipinski definition) is 1. The highest BCUT2D eigenvalue weighted by Crippen LogP contribution is 2.27. The summed E-state index contributed by atoms with van der Waals surface area (Å²) in [7, 11) is 0. The minimum absolute atomic E-state index is 0.00248. The second-order valence-electron chi connectivity index (χ2n) is 4.22. The topological polar surface area (TPSA) is 63.4 Å². The first-order chi connectivity index (χ1) is 8.74. The molecule has 19 heavy (non-hydrogen) atoms. The van der Waals surface area contributed by atoms with E-state index in [2.05, 4.69) is 0 Å². The van der Waals surface area contributed by atoms with Crippen LogP contribution in [0.2, 0.25) is 0 Å². The molecule has 1 aliphatic rings. The standard InChI is InChI=1S/C12H15F3N2O2/c1-2-9(11(16)19)17-6-5-8(3-4-10(17)18)7-12(13,14)15/h3,5-6,9H,2,4,7H2,1H3,(H2,16,19). The zero-order chi connectivity index (χ0) is 14.6. The molecule has 2 amide bonds. The van der Waals surface area contributed by atoms with Crippen LogP contribution in [-0.4, -0.2) is 28.9 Å². The number of primary amides is 1. The van der Waals surface area contributed by atoms with Crippen molar-refractivity contribution in [3.05, 3.63) is 23.9 Å². The summed E-state index contributed by atoms with van der Waals surface area (Å²) in [6.07, 6.45) is -1.68. The van der Waals surface area contributed by atoms with Gasteiger partial charge in [0.2, 0.25) is 11.8 Å². The molecule has 0 aliphatic carbocycles. The molecule has 0 aromatic carbocycles. The second-order valence-corrected chi connectivity index (χ2v) is 4.22. The molecule has 0 bridgehead atoms. The molecule has 0 aromatic heterocycles. The first-order valence-electron chi connectivity index (χ1n) is 5.79. The highest BCUT2D eigenvalue weighted by molar-refractivity contribution is 5.88. The van der Waals surface area contributed by atoms with Crippen molar-refractivity contribution in [1.29, 1.82) is 0 Å². The highest BCUT2D eigenvalue weighted by atomic mass is 19.4. The van der Waals surface area contributed by atoms with Crippen LogP contribution in [0.3, 0.4) is 0 Å². The number of nitrogens with zero attached hydrogens (tertiary/aromatic N) is 1. The van der Waals surface area contributed by atoms with Crippen molar-refractivity contribution in [3.63, 3.8) is 0 Å². The molecule has 1 rings (SSSR count). The van der Waals surface area contributed by atoms with Crippen LogP contribution in [0.1, 0.15) is 26.2 Å². The summed E-state index contributed by atoms with van der Waals surface area (Å²) in [5.41, 5.74) is 5.17. The fourth-order valence-electron chi connectivity index (χ4n) is 1.83. The maximum atomic E-state index is 12.3. The SMILES string of the molecule is CCC(C(N)=O)N1C=CC(CC(F)(F)F)=CCC1=O. The van der Waals surface area contributed by atoms with E-state index in [9.17, 15) is 22.8 Å². The van der Waals surface area contributed by atoms with Crippen LogP contribution < -0.4 is 5.73 Å². The molecule has 2 N–H and O–H groups in total. The van der Waals surface area contributed by atoms with Crippen LogP contribution in [0.25, 0.3) is 0 Å². The number of alkyl halides is 3. The van der Waals surface area contributed by atoms with E-state index in [1.54, 1.807) is 6.92 Å². The smallest absolute Gasteiger partial charge is 0.368 e. The number of allylic oxidation sites excluding steroid dienone is 2. The molecule has 0 aromatic rings. The summed E-state index contributed by atoms with van der Waals surface area (Å²) in [6.45, 7) is 1.67. The van der Waals surface area contributed by atoms with Crippen molar-refractivity contribution in [2.24, 2.45) is 5.73 Å². The fraction of sp³-hybridized carbons (Fsp3) is 0.500. The van der Waals surface area contributed by atoms with Crippen molar-refractivity contribution >= 4 is 11.8 Å². The molecule has 0 saturated carbocycles. The quantitative estimate of drug-likeness (QED) is 0.852. The lowest BCUT2D eigenvalue weighted by molar-refractivity contribution is -0.135. The van der Waals surface area contributed by atoms with Gasteiger partial charge < -0.3 is 10.6 Å². The zero-order valence-corrected chi connectivity index (χ0v) is 10.4. The Kier molecular flexibility index (Phi) is 4.74. The second kappa shape index (κ2) is 5.90. The third kappa shape index (κ3) is 4.42. The van der Waals surface area contributed by atoms with Gasteiger partial charge in [-0.05, 0) is 18.1 Å². The van der Waals surface area contributed by atoms with E-state index in [1.807, 2.05) is 0 Å². The molecule has 0 spiro atoms. The van der Waals surface area contributed by atoms with E-state index in [0.717, 1.165) is 4.90 Å². The average molecular weight is 276 g/mol. The first kappa shape index (κ1) is 15.3. The molecular formula is C12H15F3N2O2. The number of rotatable bonds is 4. The van der Waals surface area contributed by atoms with Crippen LogP contribution in [0.4, 0.5) is 13.2 Å². The van der Waals surface area contributed by atoms with E-state index in [-0.39, 0.29) is 12.0 Å².